The molecular formula is C25H28F2N4O6. The number of piperazine rings is 1. The van der Waals surface area contributed by atoms with E-state index in [4.69, 9.17) is 4.74 Å². The average Bonchev–Trinajstić information content (AvgIpc) is 2.91. The molecule has 2 fully saturated rings. The number of rotatable bonds is 5. The number of piperidine rings is 1. The van der Waals surface area contributed by atoms with Gasteiger partial charge in [-0.15, -0.1) is 0 Å². The minimum absolute atomic E-state index is 0.0654. The van der Waals surface area contributed by atoms with Crippen molar-refractivity contribution in [2.45, 2.75) is 25.0 Å². The average molecular weight is 519 g/mol. The molecule has 12 heteroatoms. The van der Waals surface area contributed by atoms with E-state index in [2.05, 4.69) is 4.90 Å². The molecule has 2 aromatic carbocycles. The smallest absolute Gasteiger partial charge is 0.408 e. The standard InChI is InChI=1S/C25H28F2N4O6/c1-25(23(33)30-11-9-29(10-12-30)16-5-3-2-4-6-16)19(22(32)28-36)13-18(15-31(25)24(34)35)37-17-7-8-20(26)21(27)14-17/h2-8,14,18-19,36H,9-13,15H2,1H3,(H,28,32)(H,34,35)/t18-,19+,25-/m0/s1. The Bertz CT molecular complexity index is 1160. The molecule has 2 aromatic rings. The minimum atomic E-state index is -1.85. The molecule has 0 saturated carbocycles. The maximum atomic E-state index is 13.8. The molecular weight excluding hydrogens is 490 g/mol. The van der Waals surface area contributed by atoms with Gasteiger partial charge in [0.25, 0.3) is 0 Å². The minimum Gasteiger partial charge on any atom is -0.488 e. The number of halogens is 2. The van der Waals surface area contributed by atoms with Crippen LogP contribution in [0.3, 0.4) is 0 Å². The predicted octanol–water partition coefficient (Wildman–Crippen LogP) is 2.33. The lowest BCUT2D eigenvalue weighted by molar-refractivity contribution is -0.161. The fourth-order valence-corrected chi connectivity index (χ4v) is 5.08. The van der Waals surface area contributed by atoms with E-state index in [1.54, 1.807) is 0 Å². The van der Waals surface area contributed by atoms with Gasteiger partial charge in [-0.25, -0.2) is 19.1 Å². The molecule has 3 N–H and O–H groups in total. The van der Waals surface area contributed by atoms with Crippen LogP contribution in [0.1, 0.15) is 13.3 Å². The molecule has 0 bridgehead atoms. The number of anilines is 1. The molecule has 37 heavy (non-hydrogen) atoms. The number of hydrogen-bond donors (Lipinski definition) is 3. The van der Waals surface area contributed by atoms with Gasteiger partial charge in [0.1, 0.15) is 17.4 Å². The molecule has 0 unspecified atom stereocenters. The Morgan fingerprint density at radius 2 is 1.70 bits per heavy atom. The van der Waals surface area contributed by atoms with E-state index in [0.717, 1.165) is 22.7 Å². The fourth-order valence-electron chi connectivity index (χ4n) is 5.08. The van der Waals surface area contributed by atoms with Gasteiger partial charge in [0.2, 0.25) is 11.8 Å². The highest BCUT2D eigenvalue weighted by molar-refractivity contribution is 5.96. The van der Waals surface area contributed by atoms with E-state index < -0.39 is 47.1 Å². The number of likely N-dealkylation sites (tertiary alicyclic amines) is 1. The van der Waals surface area contributed by atoms with Crippen LogP contribution in [0.25, 0.3) is 0 Å². The number of benzene rings is 2. The molecule has 3 atom stereocenters. The van der Waals surface area contributed by atoms with Crippen molar-refractivity contribution in [2.24, 2.45) is 5.92 Å². The van der Waals surface area contributed by atoms with E-state index >= 15 is 0 Å². The molecule has 2 saturated heterocycles. The van der Waals surface area contributed by atoms with E-state index in [0.29, 0.717) is 26.2 Å². The van der Waals surface area contributed by atoms with Crippen LogP contribution in [0.5, 0.6) is 5.75 Å². The summed E-state index contributed by atoms with van der Waals surface area (Å²) in [6.45, 7) is 2.68. The maximum Gasteiger partial charge on any atom is 0.408 e. The van der Waals surface area contributed by atoms with E-state index in [-0.39, 0.29) is 18.7 Å². The SMILES string of the molecule is C[C@@]1(C(=O)N2CCN(c3ccccc3)CC2)[C@@H](C(=O)NO)C[C@H](Oc2ccc(F)c(F)c2)CN1C(=O)O. The third kappa shape index (κ3) is 5.15. The first-order chi connectivity index (χ1) is 17.6. The summed E-state index contributed by atoms with van der Waals surface area (Å²) in [4.78, 5) is 43.3. The summed E-state index contributed by atoms with van der Waals surface area (Å²) in [5, 5.41) is 19.4. The van der Waals surface area contributed by atoms with Gasteiger partial charge in [-0.2, -0.15) is 0 Å². The molecule has 2 aliphatic rings. The molecule has 0 aromatic heterocycles. The first kappa shape index (κ1) is 26.1. The van der Waals surface area contributed by atoms with Crippen LogP contribution in [-0.2, 0) is 9.59 Å². The lowest BCUT2D eigenvalue weighted by atomic mass is 9.75. The number of carboxylic acid groups (broad SMARTS) is 1. The van der Waals surface area contributed by atoms with E-state index in [1.807, 2.05) is 30.3 Å². The van der Waals surface area contributed by atoms with Gasteiger partial charge in [0, 0.05) is 44.4 Å². The number of hydroxylamine groups is 1. The number of nitrogens with one attached hydrogen (secondary N) is 1. The highest BCUT2D eigenvalue weighted by Crippen LogP contribution is 2.38. The summed E-state index contributed by atoms with van der Waals surface area (Å²) < 4.78 is 32.6. The zero-order valence-electron chi connectivity index (χ0n) is 20.1. The molecule has 0 radical (unpaired) electrons. The van der Waals surface area contributed by atoms with E-state index in [1.165, 1.54) is 23.4 Å². The van der Waals surface area contributed by atoms with Crippen LogP contribution in [0.15, 0.2) is 48.5 Å². The summed E-state index contributed by atoms with van der Waals surface area (Å²) in [7, 11) is 0. The summed E-state index contributed by atoms with van der Waals surface area (Å²) in [6, 6.07) is 12.5. The Kier molecular flexibility index (Phi) is 7.48. The number of para-hydroxylation sites is 1. The third-order valence-corrected chi connectivity index (χ3v) is 7.10. The van der Waals surface area contributed by atoms with Crippen LogP contribution in [0.4, 0.5) is 19.3 Å². The van der Waals surface area contributed by atoms with Crippen molar-refractivity contribution in [3.63, 3.8) is 0 Å². The fraction of sp³-hybridized carbons (Fsp3) is 0.400. The van der Waals surface area contributed by atoms with Gasteiger partial charge in [-0.3, -0.25) is 19.7 Å². The van der Waals surface area contributed by atoms with Gasteiger partial charge >= 0.3 is 6.09 Å². The number of amides is 3. The molecule has 2 heterocycles. The quantitative estimate of drug-likeness (QED) is 0.410. The van der Waals surface area contributed by atoms with Gasteiger partial charge in [-0.1, -0.05) is 18.2 Å². The van der Waals surface area contributed by atoms with Crippen molar-refractivity contribution < 1.29 is 38.2 Å². The summed E-state index contributed by atoms with van der Waals surface area (Å²) in [6.07, 6.45) is -2.59. The summed E-state index contributed by atoms with van der Waals surface area (Å²) in [5.74, 6) is -5.14. The Morgan fingerprint density at radius 3 is 2.30 bits per heavy atom. The molecule has 2 aliphatic heterocycles. The number of ether oxygens (including phenoxy) is 1. The molecule has 0 spiro atoms. The molecule has 4 rings (SSSR count). The van der Waals surface area contributed by atoms with Gasteiger partial charge in [0.05, 0.1) is 12.5 Å². The topological polar surface area (TPSA) is 123 Å². The lowest BCUT2D eigenvalue weighted by Gasteiger charge is -2.51. The van der Waals surface area contributed by atoms with Crippen LogP contribution < -0.4 is 15.1 Å². The van der Waals surface area contributed by atoms with Crippen molar-refractivity contribution in [3.8, 4) is 5.75 Å². The zero-order chi connectivity index (χ0) is 26.7. The Labute approximate surface area is 212 Å². The van der Waals surface area contributed by atoms with Crippen LogP contribution in [0, 0.1) is 17.6 Å². The van der Waals surface area contributed by atoms with Crippen molar-refractivity contribution >= 4 is 23.6 Å². The Hall–Kier alpha value is -3.93. The van der Waals surface area contributed by atoms with Crippen molar-refractivity contribution in [1.29, 1.82) is 0 Å². The van der Waals surface area contributed by atoms with E-state index in [9.17, 15) is 33.5 Å². The largest absolute Gasteiger partial charge is 0.488 e. The van der Waals surface area contributed by atoms with Gasteiger partial charge in [0.15, 0.2) is 11.6 Å². The molecule has 3 amide bonds. The van der Waals surface area contributed by atoms with Crippen LogP contribution in [-0.4, -0.2) is 82.4 Å². The monoisotopic (exact) mass is 518 g/mol. The predicted molar refractivity (Wildman–Crippen MR) is 127 cm³/mol. The van der Waals surface area contributed by atoms with Crippen molar-refractivity contribution in [1.82, 2.24) is 15.3 Å². The highest BCUT2D eigenvalue weighted by Gasteiger charge is 2.57. The van der Waals surface area contributed by atoms with Crippen LogP contribution >= 0.6 is 0 Å². The molecule has 198 valence electrons. The first-order valence-electron chi connectivity index (χ1n) is 11.8. The molecule has 0 aliphatic carbocycles. The number of carbonyl (C=O) groups excluding carboxylic acids is 2. The highest BCUT2D eigenvalue weighted by atomic mass is 19.2. The van der Waals surface area contributed by atoms with Crippen molar-refractivity contribution in [2.75, 3.05) is 37.6 Å². The maximum absolute atomic E-state index is 13.8. The second-order valence-electron chi connectivity index (χ2n) is 9.24. The number of carbonyl (C=O) groups is 3. The van der Waals surface area contributed by atoms with Crippen molar-refractivity contribution in [3.05, 3.63) is 60.2 Å². The molecule has 10 nitrogen and oxygen atoms in total. The Morgan fingerprint density at radius 1 is 1.03 bits per heavy atom. The summed E-state index contributed by atoms with van der Waals surface area (Å²) in [5.41, 5.74) is 0.689. The Balaban J connectivity index is 1.57. The number of nitrogens with zero attached hydrogens (tertiary/aromatic N) is 3. The lowest BCUT2D eigenvalue weighted by Crippen LogP contribution is -2.71. The first-order valence-corrected chi connectivity index (χ1v) is 11.8. The second kappa shape index (κ2) is 10.6. The van der Waals surface area contributed by atoms with Crippen LogP contribution in [0.2, 0.25) is 0 Å². The number of hydrogen-bond acceptors (Lipinski definition) is 6. The van der Waals surface area contributed by atoms with Gasteiger partial charge in [-0.05, 0) is 31.2 Å². The third-order valence-electron chi connectivity index (χ3n) is 7.10. The van der Waals surface area contributed by atoms with Gasteiger partial charge < -0.3 is 19.6 Å². The second-order valence-corrected chi connectivity index (χ2v) is 9.24. The summed E-state index contributed by atoms with van der Waals surface area (Å²) >= 11 is 0. The normalized spacial score (nSPS) is 23.9. The zero-order valence-corrected chi connectivity index (χ0v) is 20.1.